The molecule has 1 fully saturated rings. The topological polar surface area (TPSA) is 24.5 Å². The van der Waals surface area contributed by atoms with E-state index in [1.54, 1.807) is 0 Å². The zero-order chi connectivity index (χ0) is 14.8. The molecule has 0 bridgehead atoms. The van der Waals surface area contributed by atoms with Crippen molar-refractivity contribution in [2.45, 2.75) is 64.8 Å². The van der Waals surface area contributed by atoms with Crippen LogP contribution in [0.15, 0.2) is 0 Å². The summed E-state index contributed by atoms with van der Waals surface area (Å²) in [7, 11) is 2.27. The average molecular weight is 284 g/mol. The Labute approximate surface area is 126 Å². The van der Waals surface area contributed by atoms with Gasteiger partial charge in [-0.1, -0.05) is 12.8 Å². The molecule has 1 rings (SSSR count). The Hall–Kier alpha value is -0.120. The summed E-state index contributed by atoms with van der Waals surface area (Å²) >= 11 is 0. The van der Waals surface area contributed by atoms with Crippen LogP contribution in [0, 0.1) is 5.92 Å². The molecule has 120 valence electrons. The lowest BCUT2D eigenvalue weighted by Crippen LogP contribution is -2.36. The molecule has 0 aromatic heterocycles. The Bertz CT molecular complexity index is 232. The van der Waals surface area contributed by atoms with E-state index >= 15 is 0 Å². The zero-order valence-corrected chi connectivity index (χ0v) is 14.2. The lowest BCUT2D eigenvalue weighted by atomic mass is 10.00. The molecular formula is C17H36N2O. The van der Waals surface area contributed by atoms with Crippen molar-refractivity contribution < 1.29 is 4.74 Å². The molecule has 1 heterocycles. The zero-order valence-electron chi connectivity index (χ0n) is 14.2. The van der Waals surface area contributed by atoms with Crippen LogP contribution in [-0.2, 0) is 4.74 Å². The molecule has 0 aromatic rings. The molecule has 0 spiro atoms. The van der Waals surface area contributed by atoms with Crippen molar-refractivity contribution in [3.8, 4) is 0 Å². The fraction of sp³-hybridized carbons (Fsp3) is 1.00. The maximum absolute atomic E-state index is 5.42. The summed E-state index contributed by atoms with van der Waals surface area (Å²) in [5.74, 6) is 0.865. The van der Waals surface area contributed by atoms with E-state index in [9.17, 15) is 0 Å². The first kappa shape index (κ1) is 17.9. The van der Waals surface area contributed by atoms with Gasteiger partial charge < -0.3 is 15.0 Å². The van der Waals surface area contributed by atoms with Crippen LogP contribution >= 0.6 is 0 Å². The Morgan fingerprint density at radius 1 is 1.05 bits per heavy atom. The number of nitrogens with zero attached hydrogens (tertiary/aromatic N) is 1. The van der Waals surface area contributed by atoms with E-state index in [2.05, 4.69) is 38.0 Å². The first-order chi connectivity index (χ1) is 9.47. The molecule has 1 saturated heterocycles. The second-order valence-corrected chi connectivity index (χ2v) is 7.41. The van der Waals surface area contributed by atoms with Gasteiger partial charge in [0.1, 0.15) is 0 Å². The predicted octanol–water partition coefficient (Wildman–Crippen LogP) is 3.29. The molecule has 20 heavy (non-hydrogen) atoms. The summed E-state index contributed by atoms with van der Waals surface area (Å²) in [5.41, 5.74) is 0.268. The van der Waals surface area contributed by atoms with Crippen LogP contribution in [0.1, 0.15) is 59.3 Å². The van der Waals surface area contributed by atoms with Gasteiger partial charge in [0.25, 0.3) is 0 Å². The number of nitrogens with one attached hydrogen (secondary N) is 1. The molecule has 3 nitrogen and oxygen atoms in total. The highest BCUT2D eigenvalue weighted by molar-refractivity contribution is 4.70. The lowest BCUT2D eigenvalue weighted by molar-refractivity contribution is 0.0556. The predicted molar refractivity (Wildman–Crippen MR) is 87.3 cm³/mol. The fourth-order valence-electron chi connectivity index (χ4n) is 2.78. The van der Waals surface area contributed by atoms with Crippen molar-refractivity contribution in [2.75, 3.05) is 39.9 Å². The highest BCUT2D eigenvalue weighted by atomic mass is 16.5. The van der Waals surface area contributed by atoms with Gasteiger partial charge >= 0.3 is 0 Å². The molecule has 0 saturated carbocycles. The van der Waals surface area contributed by atoms with Gasteiger partial charge in [-0.05, 0) is 72.5 Å². The molecule has 1 aliphatic rings. The van der Waals surface area contributed by atoms with Crippen LogP contribution in [0.5, 0.6) is 0 Å². The Morgan fingerprint density at radius 2 is 1.70 bits per heavy atom. The number of rotatable bonds is 9. The van der Waals surface area contributed by atoms with E-state index in [-0.39, 0.29) is 5.54 Å². The normalized spacial score (nSPS) is 17.9. The second-order valence-electron chi connectivity index (χ2n) is 7.41. The number of hydrogen-bond acceptors (Lipinski definition) is 3. The van der Waals surface area contributed by atoms with Gasteiger partial charge in [0.2, 0.25) is 0 Å². The van der Waals surface area contributed by atoms with Gasteiger partial charge in [0.05, 0.1) is 0 Å². The molecular weight excluding hydrogens is 248 g/mol. The van der Waals surface area contributed by atoms with Gasteiger partial charge in [-0.15, -0.1) is 0 Å². The third kappa shape index (κ3) is 9.73. The monoisotopic (exact) mass is 284 g/mol. The molecule has 0 radical (unpaired) electrons. The number of unbranched alkanes of at least 4 members (excludes halogenated alkanes) is 3. The largest absolute Gasteiger partial charge is 0.381 e. The Morgan fingerprint density at radius 3 is 2.35 bits per heavy atom. The molecule has 1 aliphatic heterocycles. The third-order valence-electron chi connectivity index (χ3n) is 4.03. The molecule has 3 heteroatoms. The van der Waals surface area contributed by atoms with Crippen molar-refractivity contribution >= 4 is 0 Å². The van der Waals surface area contributed by atoms with E-state index in [4.69, 9.17) is 4.74 Å². The van der Waals surface area contributed by atoms with Crippen molar-refractivity contribution in [3.63, 3.8) is 0 Å². The smallest absolute Gasteiger partial charge is 0.0469 e. The van der Waals surface area contributed by atoms with Crippen molar-refractivity contribution in [1.29, 1.82) is 0 Å². The van der Waals surface area contributed by atoms with Crippen LogP contribution in [0.3, 0.4) is 0 Å². The van der Waals surface area contributed by atoms with Crippen LogP contribution < -0.4 is 5.32 Å². The highest BCUT2D eigenvalue weighted by Crippen LogP contribution is 2.15. The van der Waals surface area contributed by atoms with Crippen LogP contribution in [0.25, 0.3) is 0 Å². The molecule has 0 unspecified atom stereocenters. The molecule has 0 aliphatic carbocycles. The maximum Gasteiger partial charge on any atom is 0.0469 e. The minimum absolute atomic E-state index is 0.268. The quantitative estimate of drug-likeness (QED) is 0.658. The summed E-state index contributed by atoms with van der Waals surface area (Å²) in [6.45, 7) is 12.3. The van der Waals surface area contributed by atoms with Gasteiger partial charge in [-0.2, -0.15) is 0 Å². The van der Waals surface area contributed by atoms with Gasteiger partial charge in [-0.3, -0.25) is 0 Å². The van der Waals surface area contributed by atoms with E-state index in [0.717, 1.165) is 25.7 Å². The Kier molecular flexibility index (Phi) is 8.74. The number of ether oxygens (including phenoxy) is 1. The summed E-state index contributed by atoms with van der Waals surface area (Å²) in [6.07, 6.45) is 7.87. The molecule has 1 N–H and O–H groups in total. The minimum atomic E-state index is 0.268. The first-order valence-electron chi connectivity index (χ1n) is 8.49. The van der Waals surface area contributed by atoms with E-state index in [1.807, 2.05) is 0 Å². The second kappa shape index (κ2) is 9.75. The molecule has 0 atom stereocenters. The molecule has 0 amide bonds. The average Bonchev–Trinajstić information content (AvgIpc) is 2.37. The summed E-state index contributed by atoms with van der Waals surface area (Å²) in [5, 5.41) is 3.55. The summed E-state index contributed by atoms with van der Waals surface area (Å²) in [4.78, 5) is 2.52. The Balaban J connectivity index is 1.90. The van der Waals surface area contributed by atoms with Crippen LogP contribution in [-0.4, -0.2) is 50.3 Å². The number of hydrogen-bond donors (Lipinski definition) is 1. The standard InChI is InChI=1S/C17H36N2O/c1-17(2,3)18-11-7-5-6-8-12-19(4)15-16-9-13-20-14-10-16/h16,18H,5-15H2,1-4H3. The van der Waals surface area contributed by atoms with Crippen molar-refractivity contribution in [3.05, 3.63) is 0 Å². The van der Waals surface area contributed by atoms with E-state index in [1.165, 1.54) is 51.6 Å². The van der Waals surface area contributed by atoms with E-state index in [0.29, 0.717) is 0 Å². The maximum atomic E-state index is 5.42. The fourth-order valence-corrected chi connectivity index (χ4v) is 2.78. The van der Waals surface area contributed by atoms with Gasteiger partial charge in [0, 0.05) is 25.3 Å². The van der Waals surface area contributed by atoms with Crippen LogP contribution in [0.2, 0.25) is 0 Å². The van der Waals surface area contributed by atoms with E-state index < -0.39 is 0 Å². The van der Waals surface area contributed by atoms with Crippen molar-refractivity contribution in [2.24, 2.45) is 5.92 Å². The van der Waals surface area contributed by atoms with Crippen molar-refractivity contribution in [1.82, 2.24) is 10.2 Å². The van der Waals surface area contributed by atoms with Gasteiger partial charge in [-0.25, -0.2) is 0 Å². The van der Waals surface area contributed by atoms with Gasteiger partial charge in [0.15, 0.2) is 0 Å². The lowest BCUT2D eigenvalue weighted by Gasteiger charge is -2.27. The highest BCUT2D eigenvalue weighted by Gasteiger charge is 2.15. The summed E-state index contributed by atoms with van der Waals surface area (Å²) in [6, 6.07) is 0. The minimum Gasteiger partial charge on any atom is -0.381 e. The first-order valence-corrected chi connectivity index (χ1v) is 8.49. The SMILES string of the molecule is CN(CCCCCCNC(C)(C)C)CC1CCOCC1. The summed E-state index contributed by atoms with van der Waals surface area (Å²) < 4.78 is 5.42. The van der Waals surface area contributed by atoms with Crippen LogP contribution in [0.4, 0.5) is 0 Å². The molecule has 0 aromatic carbocycles. The third-order valence-corrected chi connectivity index (χ3v) is 4.03.